The van der Waals surface area contributed by atoms with Crippen molar-refractivity contribution in [3.8, 4) is 0 Å². The van der Waals surface area contributed by atoms with Gasteiger partial charge in [-0.3, -0.25) is 9.59 Å². The van der Waals surface area contributed by atoms with Gasteiger partial charge in [0.05, 0.1) is 13.0 Å². The lowest BCUT2D eigenvalue weighted by atomic mass is 10.1. The second-order valence-corrected chi connectivity index (χ2v) is 4.78. The maximum Gasteiger partial charge on any atom is 0.315 e. The highest BCUT2D eigenvalue weighted by molar-refractivity contribution is 5.84. The Morgan fingerprint density at radius 2 is 2.00 bits per heavy atom. The summed E-state index contributed by atoms with van der Waals surface area (Å²) < 4.78 is 0. The van der Waals surface area contributed by atoms with Gasteiger partial charge in [-0.2, -0.15) is 0 Å². The number of carbonyl (C=O) groups is 3. The molecule has 0 bridgehead atoms. The second kappa shape index (κ2) is 6.96. The molecule has 1 aliphatic rings. The van der Waals surface area contributed by atoms with Gasteiger partial charge in [0.25, 0.3) is 0 Å². The van der Waals surface area contributed by atoms with Gasteiger partial charge in [0, 0.05) is 19.6 Å². The number of nitrogens with one attached hydrogen (secondary N) is 2. The van der Waals surface area contributed by atoms with Crippen LogP contribution in [0.1, 0.15) is 26.2 Å². The summed E-state index contributed by atoms with van der Waals surface area (Å²) in [5.41, 5.74) is 0. The van der Waals surface area contributed by atoms with E-state index in [2.05, 4.69) is 10.6 Å². The van der Waals surface area contributed by atoms with E-state index in [0.717, 1.165) is 12.8 Å². The van der Waals surface area contributed by atoms with Crippen molar-refractivity contribution in [3.63, 3.8) is 0 Å². The van der Waals surface area contributed by atoms with E-state index < -0.39 is 12.0 Å². The summed E-state index contributed by atoms with van der Waals surface area (Å²) >= 11 is 0. The van der Waals surface area contributed by atoms with E-state index in [9.17, 15) is 14.4 Å². The number of aliphatic carboxylic acids is 1. The zero-order valence-electron chi connectivity index (χ0n) is 11.3. The first-order valence-corrected chi connectivity index (χ1v) is 6.44. The number of likely N-dealkylation sites (N-methyl/N-ethyl adjacent to an activating group) is 1. The van der Waals surface area contributed by atoms with Gasteiger partial charge in [-0.25, -0.2) is 4.79 Å². The number of hydrogen-bond donors (Lipinski definition) is 3. The topological polar surface area (TPSA) is 98.7 Å². The summed E-state index contributed by atoms with van der Waals surface area (Å²) in [5, 5.41) is 13.8. The zero-order valence-corrected chi connectivity index (χ0v) is 11.3. The van der Waals surface area contributed by atoms with Crippen LogP contribution in [0.4, 0.5) is 4.79 Å². The molecule has 19 heavy (non-hydrogen) atoms. The molecule has 0 spiro atoms. The SMILES string of the molecule is CCN(C)C(=O)CNC(=O)NC(CC(=O)O)C1CC1. The van der Waals surface area contributed by atoms with Crippen LogP contribution in [0.5, 0.6) is 0 Å². The van der Waals surface area contributed by atoms with Crippen LogP contribution in [-0.4, -0.2) is 54.1 Å². The molecule has 1 saturated carbocycles. The van der Waals surface area contributed by atoms with E-state index in [4.69, 9.17) is 5.11 Å². The highest BCUT2D eigenvalue weighted by Gasteiger charge is 2.33. The van der Waals surface area contributed by atoms with Gasteiger partial charge < -0.3 is 20.6 Å². The Labute approximate surface area is 112 Å². The fourth-order valence-corrected chi connectivity index (χ4v) is 1.71. The third-order valence-corrected chi connectivity index (χ3v) is 3.20. The number of carboxylic acid groups (broad SMARTS) is 1. The van der Waals surface area contributed by atoms with Crippen molar-refractivity contribution in [2.75, 3.05) is 20.1 Å². The van der Waals surface area contributed by atoms with Crippen molar-refractivity contribution in [3.05, 3.63) is 0 Å². The summed E-state index contributed by atoms with van der Waals surface area (Å²) in [7, 11) is 1.65. The van der Waals surface area contributed by atoms with Gasteiger partial charge in [-0.05, 0) is 25.7 Å². The van der Waals surface area contributed by atoms with Crippen LogP contribution in [0, 0.1) is 5.92 Å². The Hall–Kier alpha value is -1.79. The number of nitrogens with zero attached hydrogens (tertiary/aromatic N) is 1. The molecule has 1 fully saturated rings. The largest absolute Gasteiger partial charge is 0.481 e. The van der Waals surface area contributed by atoms with E-state index in [0.29, 0.717) is 6.54 Å². The number of amides is 3. The molecule has 0 aromatic rings. The summed E-state index contributed by atoms with van der Waals surface area (Å²) in [4.78, 5) is 35.3. The van der Waals surface area contributed by atoms with Gasteiger partial charge >= 0.3 is 12.0 Å². The molecule has 0 heterocycles. The van der Waals surface area contributed by atoms with Gasteiger partial charge in [0.1, 0.15) is 0 Å². The summed E-state index contributed by atoms with van der Waals surface area (Å²) in [6, 6.07) is -0.840. The van der Waals surface area contributed by atoms with E-state index in [1.807, 2.05) is 6.92 Å². The summed E-state index contributed by atoms with van der Waals surface area (Å²) in [6.07, 6.45) is 1.80. The molecule has 1 rings (SSSR count). The first-order chi connectivity index (χ1) is 8.93. The average Bonchev–Trinajstić information content (AvgIpc) is 3.17. The van der Waals surface area contributed by atoms with E-state index >= 15 is 0 Å². The highest BCUT2D eigenvalue weighted by atomic mass is 16.4. The number of carboxylic acids is 1. The monoisotopic (exact) mass is 271 g/mol. The minimum absolute atomic E-state index is 0.0824. The van der Waals surface area contributed by atoms with Crippen LogP contribution < -0.4 is 10.6 Å². The van der Waals surface area contributed by atoms with E-state index in [-0.39, 0.29) is 30.8 Å². The van der Waals surface area contributed by atoms with Crippen LogP contribution in [-0.2, 0) is 9.59 Å². The molecule has 7 heteroatoms. The highest BCUT2D eigenvalue weighted by Crippen LogP contribution is 2.33. The molecule has 0 aromatic carbocycles. The molecular formula is C12H21N3O4. The Morgan fingerprint density at radius 3 is 2.47 bits per heavy atom. The van der Waals surface area contributed by atoms with Crippen molar-refractivity contribution in [1.29, 1.82) is 0 Å². The first-order valence-electron chi connectivity index (χ1n) is 6.44. The molecule has 3 N–H and O–H groups in total. The lowest BCUT2D eigenvalue weighted by Gasteiger charge is -2.18. The van der Waals surface area contributed by atoms with Gasteiger partial charge in [0.15, 0.2) is 0 Å². The number of urea groups is 1. The Bertz CT molecular complexity index is 355. The zero-order chi connectivity index (χ0) is 14.4. The van der Waals surface area contributed by atoms with Crippen LogP contribution in [0.3, 0.4) is 0 Å². The van der Waals surface area contributed by atoms with E-state index in [1.54, 1.807) is 7.05 Å². The second-order valence-electron chi connectivity index (χ2n) is 4.78. The lowest BCUT2D eigenvalue weighted by molar-refractivity contribution is -0.137. The predicted octanol–water partition coefficient (Wildman–Crippen LogP) is 0.0172. The lowest BCUT2D eigenvalue weighted by Crippen LogP contribution is -2.47. The van der Waals surface area contributed by atoms with Crippen molar-refractivity contribution >= 4 is 17.9 Å². The molecule has 0 aliphatic heterocycles. The minimum atomic E-state index is -0.931. The third-order valence-electron chi connectivity index (χ3n) is 3.20. The minimum Gasteiger partial charge on any atom is -0.481 e. The molecule has 1 aliphatic carbocycles. The molecule has 1 atom stereocenters. The molecule has 0 saturated heterocycles. The Balaban J connectivity index is 2.32. The van der Waals surface area contributed by atoms with Crippen LogP contribution in [0.15, 0.2) is 0 Å². The van der Waals surface area contributed by atoms with Crippen molar-refractivity contribution in [2.24, 2.45) is 5.92 Å². The van der Waals surface area contributed by atoms with Gasteiger partial charge in [0.2, 0.25) is 5.91 Å². The quantitative estimate of drug-likeness (QED) is 0.607. The predicted molar refractivity (Wildman–Crippen MR) is 68.6 cm³/mol. The van der Waals surface area contributed by atoms with Gasteiger partial charge in [-0.1, -0.05) is 0 Å². The molecule has 7 nitrogen and oxygen atoms in total. The number of rotatable bonds is 7. The van der Waals surface area contributed by atoms with Crippen LogP contribution in [0.25, 0.3) is 0 Å². The molecule has 0 aromatic heterocycles. The third kappa shape index (κ3) is 5.58. The maximum absolute atomic E-state index is 11.6. The molecular weight excluding hydrogens is 250 g/mol. The van der Waals surface area contributed by atoms with Crippen molar-refractivity contribution < 1.29 is 19.5 Å². The average molecular weight is 271 g/mol. The van der Waals surface area contributed by atoms with Crippen LogP contribution in [0.2, 0.25) is 0 Å². The van der Waals surface area contributed by atoms with E-state index in [1.165, 1.54) is 4.90 Å². The normalized spacial score (nSPS) is 15.5. The molecule has 3 amide bonds. The number of carbonyl (C=O) groups excluding carboxylic acids is 2. The Morgan fingerprint density at radius 1 is 1.37 bits per heavy atom. The summed E-state index contributed by atoms with van der Waals surface area (Å²) in [6.45, 7) is 2.33. The smallest absolute Gasteiger partial charge is 0.315 e. The molecule has 108 valence electrons. The molecule has 0 radical (unpaired) electrons. The van der Waals surface area contributed by atoms with Crippen molar-refractivity contribution in [1.82, 2.24) is 15.5 Å². The van der Waals surface area contributed by atoms with Gasteiger partial charge in [-0.15, -0.1) is 0 Å². The summed E-state index contributed by atoms with van der Waals surface area (Å²) in [5.74, 6) is -0.867. The Kier molecular flexibility index (Phi) is 5.59. The van der Waals surface area contributed by atoms with Crippen molar-refractivity contribution in [2.45, 2.75) is 32.2 Å². The number of hydrogen-bond acceptors (Lipinski definition) is 3. The first kappa shape index (κ1) is 15.3. The van der Waals surface area contributed by atoms with Crippen LogP contribution >= 0.6 is 0 Å². The fraction of sp³-hybridized carbons (Fsp3) is 0.750. The molecule has 1 unspecified atom stereocenters. The fourth-order valence-electron chi connectivity index (χ4n) is 1.71. The standard InChI is InChI=1S/C12H21N3O4/c1-3-15(2)10(16)7-13-12(19)14-9(6-11(17)18)8-4-5-8/h8-9H,3-7H2,1-2H3,(H,17,18)(H2,13,14,19). The maximum atomic E-state index is 11.6.